The summed E-state index contributed by atoms with van der Waals surface area (Å²) in [6.07, 6.45) is 3.98. The molecule has 2 aliphatic carbocycles. The molecule has 2 aliphatic rings. The molecule has 150 valence electrons. The second kappa shape index (κ2) is 7.97. The summed E-state index contributed by atoms with van der Waals surface area (Å²) in [6.45, 7) is 4.43. The summed E-state index contributed by atoms with van der Waals surface area (Å²) in [6, 6.07) is 17.7. The van der Waals surface area contributed by atoms with E-state index in [-0.39, 0.29) is 17.3 Å². The monoisotopic (exact) mass is 398 g/mol. The normalized spacial score (nSPS) is 22.2. The highest BCUT2D eigenvalue weighted by molar-refractivity contribution is 7.90. The van der Waals surface area contributed by atoms with Crippen LogP contribution in [0.4, 0.5) is 0 Å². The molecule has 0 bridgehead atoms. The molecule has 0 aliphatic heterocycles. The number of hydrogen-bond donors (Lipinski definition) is 2. The molecule has 0 aromatic heterocycles. The van der Waals surface area contributed by atoms with Crippen LogP contribution >= 0.6 is 0 Å². The Morgan fingerprint density at radius 1 is 0.893 bits per heavy atom. The lowest BCUT2D eigenvalue weighted by molar-refractivity contribution is 0.298. The zero-order chi connectivity index (χ0) is 19.7. The quantitative estimate of drug-likeness (QED) is 0.765. The molecule has 1 fully saturated rings. The molecule has 0 heterocycles. The summed E-state index contributed by atoms with van der Waals surface area (Å²) in [5.41, 5.74) is 5.40. The van der Waals surface area contributed by atoms with Crippen LogP contribution in [0.3, 0.4) is 0 Å². The fourth-order valence-electron chi connectivity index (χ4n) is 4.51. The van der Waals surface area contributed by atoms with Crippen molar-refractivity contribution in [2.24, 2.45) is 5.92 Å². The molecule has 2 aromatic carbocycles. The molecular formula is C23H30N2O2S. The highest BCUT2D eigenvalue weighted by atomic mass is 32.2. The van der Waals surface area contributed by atoms with E-state index in [0.29, 0.717) is 5.92 Å². The number of benzene rings is 2. The standard InChI is InChI=1S/C23H30N2O2S/c1-16(2)28(26,27)25-18-13-11-17(12-14-18)15-24-23-21-9-5-3-7-19(21)20-8-4-6-10-22(20)23/h3-10,16-18,23-25H,11-15H2,1-2H3/t17-,18-. The van der Waals surface area contributed by atoms with Crippen LogP contribution in [0, 0.1) is 5.92 Å². The third-order valence-electron chi connectivity index (χ3n) is 6.24. The zero-order valence-electron chi connectivity index (χ0n) is 16.7. The second-order valence-corrected chi connectivity index (χ2v) is 10.7. The van der Waals surface area contributed by atoms with Gasteiger partial charge < -0.3 is 5.32 Å². The van der Waals surface area contributed by atoms with E-state index in [4.69, 9.17) is 0 Å². The second-order valence-electron chi connectivity index (χ2n) is 8.45. The van der Waals surface area contributed by atoms with Gasteiger partial charge in [-0.3, -0.25) is 0 Å². The maximum Gasteiger partial charge on any atom is 0.214 e. The largest absolute Gasteiger partial charge is 0.306 e. The first kappa shape index (κ1) is 19.6. The van der Waals surface area contributed by atoms with E-state index in [1.165, 1.54) is 22.3 Å². The number of sulfonamides is 1. The van der Waals surface area contributed by atoms with Gasteiger partial charge in [-0.05, 0) is 74.2 Å². The van der Waals surface area contributed by atoms with Gasteiger partial charge >= 0.3 is 0 Å². The molecule has 28 heavy (non-hydrogen) atoms. The summed E-state index contributed by atoms with van der Waals surface area (Å²) in [5, 5.41) is 3.44. The van der Waals surface area contributed by atoms with Gasteiger partial charge in [-0.15, -0.1) is 0 Å². The maximum atomic E-state index is 12.1. The van der Waals surface area contributed by atoms with E-state index in [2.05, 4.69) is 58.6 Å². The van der Waals surface area contributed by atoms with Crippen LogP contribution < -0.4 is 10.0 Å². The van der Waals surface area contributed by atoms with E-state index in [1.807, 2.05) is 0 Å². The number of rotatable bonds is 6. The molecule has 0 radical (unpaired) electrons. The van der Waals surface area contributed by atoms with Crippen LogP contribution in [0.5, 0.6) is 0 Å². The first-order valence-electron chi connectivity index (χ1n) is 10.4. The Morgan fingerprint density at radius 3 is 1.96 bits per heavy atom. The molecule has 0 amide bonds. The summed E-state index contributed by atoms with van der Waals surface area (Å²) in [7, 11) is -3.17. The predicted octanol–water partition coefficient (Wildman–Crippen LogP) is 4.23. The van der Waals surface area contributed by atoms with Gasteiger partial charge in [0.25, 0.3) is 0 Å². The topological polar surface area (TPSA) is 58.2 Å². The fourth-order valence-corrected chi connectivity index (χ4v) is 5.49. The van der Waals surface area contributed by atoms with E-state index in [1.54, 1.807) is 13.8 Å². The molecule has 2 N–H and O–H groups in total. The van der Waals surface area contributed by atoms with Crippen molar-refractivity contribution in [1.29, 1.82) is 0 Å². The van der Waals surface area contributed by atoms with Crippen LogP contribution in [0.25, 0.3) is 11.1 Å². The Morgan fingerprint density at radius 2 is 1.43 bits per heavy atom. The number of nitrogens with one attached hydrogen (secondary N) is 2. The lowest BCUT2D eigenvalue weighted by Crippen LogP contribution is -2.42. The van der Waals surface area contributed by atoms with Gasteiger partial charge in [-0.1, -0.05) is 48.5 Å². The van der Waals surface area contributed by atoms with Crippen molar-refractivity contribution < 1.29 is 8.42 Å². The lowest BCUT2D eigenvalue weighted by atomic mass is 9.86. The predicted molar refractivity (Wildman–Crippen MR) is 115 cm³/mol. The summed E-state index contributed by atoms with van der Waals surface area (Å²) >= 11 is 0. The van der Waals surface area contributed by atoms with Gasteiger partial charge in [0.1, 0.15) is 0 Å². The van der Waals surface area contributed by atoms with Crippen molar-refractivity contribution in [3.63, 3.8) is 0 Å². The molecular weight excluding hydrogens is 368 g/mol. The summed E-state index contributed by atoms with van der Waals surface area (Å²) in [4.78, 5) is 0. The average Bonchev–Trinajstić information content (AvgIpc) is 3.01. The first-order valence-corrected chi connectivity index (χ1v) is 11.9. The van der Waals surface area contributed by atoms with E-state index < -0.39 is 10.0 Å². The van der Waals surface area contributed by atoms with E-state index in [9.17, 15) is 8.42 Å². The Hall–Kier alpha value is -1.69. The SMILES string of the molecule is CC(C)S(=O)(=O)N[C@H]1CC[C@H](CNC2c3ccccc3-c3ccccc32)CC1. The fraction of sp³-hybridized carbons (Fsp3) is 0.478. The van der Waals surface area contributed by atoms with Crippen LogP contribution in [0.2, 0.25) is 0 Å². The maximum absolute atomic E-state index is 12.1. The summed E-state index contributed by atoms with van der Waals surface area (Å²) in [5.74, 6) is 0.597. The Balaban J connectivity index is 1.36. The van der Waals surface area contributed by atoms with Crippen molar-refractivity contribution in [1.82, 2.24) is 10.0 Å². The van der Waals surface area contributed by atoms with E-state index >= 15 is 0 Å². The Kier molecular flexibility index (Phi) is 5.59. The molecule has 1 saturated carbocycles. The Bertz CT molecular complexity index is 886. The summed E-state index contributed by atoms with van der Waals surface area (Å²) < 4.78 is 27.1. The molecule has 4 rings (SSSR count). The van der Waals surface area contributed by atoms with Crippen LogP contribution in [-0.4, -0.2) is 26.3 Å². The molecule has 0 atom stereocenters. The third-order valence-corrected chi connectivity index (χ3v) is 8.15. The van der Waals surface area contributed by atoms with Crippen molar-refractivity contribution in [2.45, 2.75) is 56.9 Å². The molecule has 2 aromatic rings. The van der Waals surface area contributed by atoms with Crippen molar-refractivity contribution in [3.05, 3.63) is 59.7 Å². The van der Waals surface area contributed by atoms with Crippen molar-refractivity contribution in [2.75, 3.05) is 6.54 Å². The van der Waals surface area contributed by atoms with Gasteiger partial charge in [-0.25, -0.2) is 13.1 Å². The van der Waals surface area contributed by atoms with Gasteiger partial charge in [0.15, 0.2) is 0 Å². The van der Waals surface area contributed by atoms with Gasteiger partial charge in [0.05, 0.1) is 11.3 Å². The van der Waals surface area contributed by atoms with Crippen LogP contribution in [0.1, 0.15) is 56.7 Å². The smallest absolute Gasteiger partial charge is 0.214 e. The number of fused-ring (bicyclic) bond motifs is 3. The molecule has 0 unspecified atom stereocenters. The van der Waals surface area contributed by atoms with Crippen LogP contribution in [0.15, 0.2) is 48.5 Å². The van der Waals surface area contributed by atoms with Crippen LogP contribution in [-0.2, 0) is 10.0 Å². The molecule has 0 saturated heterocycles. The van der Waals surface area contributed by atoms with Crippen molar-refractivity contribution in [3.8, 4) is 11.1 Å². The Labute approximate surface area is 168 Å². The van der Waals surface area contributed by atoms with Gasteiger partial charge in [-0.2, -0.15) is 0 Å². The van der Waals surface area contributed by atoms with Gasteiger partial charge in [0.2, 0.25) is 10.0 Å². The third kappa shape index (κ3) is 3.88. The molecule has 4 nitrogen and oxygen atoms in total. The minimum atomic E-state index is -3.17. The number of hydrogen-bond acceptors (Lipinski definition) is 3. The highest BCUT2D eigenvalue weighted by Crippen LogP contribution is 2.43. The van der Waals surface area contributed by atoms with Gasteiger partial charge in [0, 0.05) is 6.04 Å². The highest BCUT2D eigenvalue weighted by Gasteiger charge is 2.30. The molecule has 0 spiro atoms. The van der Waals surface area contributed by atoms with Crippen molar-refractivity contribution >= 4 is 10.0 Å². The zero-order valence-corrected chi connectivity index (χ0v) is 17.5. The van der Waals surface area contributed by atoms with E-state index in [0.717, 1.165) is 32.2 Å². The minimum absolute atomic E-state index is 0.0941. The lowest BCUT2D eigenvalue weighted by Gasteiger charge is -2.30. The molecule has 5 heteroatoms. The first-order chi connectivity index (χ1) is 13.5. The average molecular weight is 399 g/mol. The minimum Gasteiger partial charge on any atom is -0.306 e.